The van der Waals surface area contributed by atoms with Gasteiger partial charge in [0, 0.05) is 13.5 Å². The molecule has 0 saturated carbocycles. The van der Waals surface area contributed by atoms with E-state index in [1.807, 2.05) is 0 Å². The summed E-state index contributed by atoms with van der Waals surface area (Å²) in [5.74, 6) is 0. The van der Waals surface area contributed by atoms with Gasteiger partial charge in [0.25, 0.3) is 0 Å². The summed E-state index contributed by atoms with van der Waals surface area (Å²) < 4.78 is 14.1. The van der Waals surface area contributed by atoms with E-state index in [0.717, 1.165) is 0 Å². The first-order chi connectivity index (χ1) is 1.41. The van der Waals surface area contributed by atoms with E-state index in [1.165, 1.54) is 0 Å². The summed E-state index contributed by atoms with van der Waals surface area (Å²) in [6.45, 7) is 0. The fourth-order valence-electron chi connectivity index (χ4n) is 0. The first kappa shape index (κ1) is 8.84. The predicted molar refractivity (Wildman–Crippen MR) is 12.0 cm³/mol. The summed E-state index contributed by atoms with van der Waals surface area (Å²) in [5, 5.41) is 0. The van der Waals surface area contributed by atoms with E-state index in [1.54, 1.807) is 0 Å². The zero-order valence-corrected chi connectivity index (χ0v) is 3.36. The second kappa shape index (κ2) is 9.21. The van der Waals surface area contributed by atoms with Crippen LogP contribution < -0.4 is 0 Å². The van der Waals surface area contributed by atoms with Crippen LogP contribution in [0.25, 0.3) is 0 Å². The number of hydrogen-bond donors (Lipinski definition) is 2. The molecule has 0 aromatic rings. The molecule has 0 bridgehead atoms. The molecule has 0 spiro atoms. The minimum atomic E-state index is -0.188. The van der Waals surface area contributed by atoms with E-state index >= 15 is 0 Å². The molecule has 0 aromatic heterocycles. The normalized spacial score (nSPS) is 5.50. The van der Waals surface area contributed by atoms with Crippen LogP contribution >= 0.6 is 13.5 Å². The molecule has 0 saturated heterocycles. The van der Waals surface area contributed by atoms with Crippen LogP contribution in [-0.4, -0.2) is 8.38 Å². The molecule has 0 aliphatic heterocycles. The van der Waals surface area contributed by atoms with Gasteiger partial charge in [-0.05, 0) is 0 Å². The molecule has 0 amide bonds. The van der Waals surface area contributed by atoms with Gasteiger partial charge in [-0.15, -0.1) is 0 Å². The Balaban J connectivity index is 0. The maximum atomic E-state index is 7.03. The van der Waals surface area contributed by atoms with Crippen molar-refractivity contribution in [3.8, 4) is 0 Å². The first-order valence-corrected chi connectivity index (χ1v) is 1.11. The summed E-state index contributed by atoms with van der Waals surface area (Å²) in [7, 11) is 0. The van der Waals surface area contributed by atoms with Crippen molar-refractivity contribution in [1.29, 1.82) is 0 Å². The van der Waals surface area contributed by atoms with Crippen LogP contribution in [0.15, 0.2) is 0 Å². The molecule has 4 heavy (non-hydrogen) atoms. The van der Waals surface area contributed by atoms with Gasteiger partial charge in [-0.1, -0.05) is 0 Å². The molecular formula is H2CuO2S. The number of hydrogen-bond acceptors (Lipinski definition) is 2. The van der Waals surface area contributed by atoms with Gasteiger partial charge in [-0.3, -0.25) is 0 Å². The smallest absolute Gasteiger partial charge is 0 e. The second-order valence-electron chi connectivity index (χ2n) is 0.0603. The summed E-state index contributed by atoms with van der Waals surface area (Å²) >= 11 is -0.188. The molecule has 0 heterocycles. The van der Waals surface area contributed by atoms with Gasteiger partial charge >= 0.3 is 24.0 Å². The Morgan fingerprint density at radius 3 is 1.25 bits per heavy atom. The standard InChI is InChI=1S/Cu.2H2O.S/h;2*1H2;/q+2;;;/p-2. The SMILES string of the molecule is [OH][Cu][OH].[S]. The van der Waals surface area contributed by atoms with Crippen LogP contribution in [0.3, 0.4) is 0 Å². The molecule has 0 aliphatic carbocycles. The second-order valence-corrected chi connectivity index (χ2v) is 0.249. The van der Waals surface area contributed by atoms with E-state index in [4.69, 9.17) is 8.38 Å². The predicted octanol–water partition coefficient (Wildman–Crippen LogP) is -0.468. The summed E-state index contributed by atoms with van der Waals surface area (Å²) in [6, 6.07) is 0. The Labute approximate surface area is 38.1 Å². The minimum Gasteiger partial charge on any atom is 0 e. The average molecular weight is 130 g/mol. The van der Waals surface area contributed by atoms with Crippen LogP contribution in [0.4, 0.5) is 0 Å². The molecule has 2 nitrogen and oxygen atoms in total. The minimum absolute atomic E-state index is 0. The average Bonchev–Trinajstić information content (AvgIpc) is 0.918. The molecule has 0 rings (SSSR count). The van der Waals surface area contributed by atoms with Gasteiger partial charge in [-0.2, -0.15) is 0 Å². The fraction of sp³-hybridized carbons (Fsp3) is 0. The van der Waals surface area contributed by atoms with Crippen LogP contribution in [0.1, 0.15) is 0 Å². The largest absolute Gasteiger partial charge is 0 e. The van der Waals surface area contributed by atoms with Crippen molar-refractivity contribution in [2.45, 2.75) is 0 Å². The Morgan fingerprint density at radius 1 is 1.25 bits per heavy atom. The van der Waals surface area contributed by atoms with E-state index in [-0.39, 0.29) is 29.1 Å². The zero-order chi connectivity index (χ0) is 2.71. The van der Waals surface area contributed by atoms with Crippen molar-refractivity contribution in [2.75, 3.05) is 0 Å². The third-order valence-electron chi connectivity index (χ3n) is 0. The Morgan fingerprint density at radius 2 is 1.25 bits per heavy atom. The number of rotatable bonds is 0. The molecule has 0 aromatic carbocycles. The van der Waals surface area contributed by atoms with Gasteiger partial charge in [0.2, 0.25) is 0 Å². The molecule has 0 fully saturated rings. The van der Waals surface area contributed by atoms with Gasteiger partial charge in [0.15, 0.2) is 0 Å². The Bertz CT molecular complexity index is 6.00. The maximum absolute atomic E-state index is 7.03. The Hall–Kier alpha value is 0.789. The van der Waals surface area contributed by atoms with Crippen molar-refractivity contribution < 1.29 is 24.0 Å². The van der Waals surface area contributed by atoms with Crippen molar-refractivity contribution in [3.05, 3.63) is 0 Å². The molecule has 0 unspecified atom stereocenters. The fourth-order valence-corrected chi connectivity index (χ4v) is 0. The topological polar surface area (TPSA) is 40.5 Å². The van der Waals surface area contributed by atoms with Crippen molar-refractivity contribution in [1.82, 2.24) is 0 Å². The monoisotopic (exact) mass is 129 g/mol. The molecular weight excluding hydrogens is 128 g/mol. The van der Waals surface area contributed by atoms with Crippen molar-refractivity contribution in [2.24, 2.45) is 0 Å². The van der Waals surface area contributed by atoms with Gasteiger partial charge in [0.05, 0.1) is 0 Å². The van der Waals surface area contributed by atoms with Crippen LogP contribution in [-0.2, 0) is 15.6 Å². The molecule has 2 radical (unpaired) electrons. The molecule has 0 aliphatic rings. The molecule has 2 N–H and O–H groups in total. The quantitative estimate of drug-likeness (QED) is 0.435. The van der Waals surface area contributed by atoms with Gasteiger partial charge in [-0.25, -0.2) is 0 Å². The maximum Gasteiger partial charge on any atom is 0 e. The van der Waals surface area contributed by atoms with Crippen molar-refractivity contribution in [3.63, 3.8) is 0 Å². The summed E-state index contributed by atoms with van der Waals surface area (Å²) in [5.41, 5.74) is 0. The van der Waals surface area contributed by atoms with Crippen LogP contribution in [0.2, 0.25) is 0 Å². The Kier molecular flexibility index (Phi) is 20.3. The molecule has 4 heteroatoms. The third-order valence-corrected chi connectivity index (χ3v) is 0. The van der Waals surface area contributed by atoms with Crippen LogP contribution in [0, 0.1) is 0 Å². The zero-order valence-electron chi connectivity index (χ0n) is 1.60. The van der Waals surface area contributed by atoms with E-state index in [2.05, 4.69) is 0 Å². The van der Waals surface area contributed by atoms with E-state index in [9.17, 15) is 0 Å². The van der Waals surface area contributed by atoms with E-state index < -0.39 is 0 Å². The van der Waals surface area contributed by atoms with Crippen LogP contribution in [0.5, 0.6) is 0 Å². The first-order valence-electron chi connectivity index (χ1n) is 0.270. The van der Waals surface area contributed by atoms with Gasteiger partial charge < -0.3 is 0 Å². The molecule has 0 atom stereocenters. The van der Waals surface area contributed by atoms with Gasteiger partial charge in [0.1, 0.15) is 0 Å². The summed E-state index contributed by atoms with van der Waals surface area (Å²) in [4.78, 5) is 0. The molecule has 31 valence electrons. The summed E-state index contributed by atoms with van der Waals surface area (Å²) in [6.07, 6.45) is 0. The van der Waals surface area contributed by atoms with Crippen molar-refractivity contribution >= 4 is 13.5 Å². The third kappa shape index (κ3) is 14.3. The van der Waals surface area contributed by atoms with E-state index in [0.29, 0.717) is 0 Å².